The second-order valence-electron chi connectivity index (χ2n) is 4.91. The molecule has 0 unspecified atom stereocenters. The van der Waals surface area contributed by atoms with Gasteiger partial charge in [0.2, 0.25) is 0 Å². The van der Waals surface area contributed by atoms with Crippen molar-refractivity contribution >= 4 is 23.0 Å². The molecule has 2 aromatic carbocycles. The van der Waals surface area contributed by atoms with E-state index in [1.807, 2.05) is 24.3 Å². The number of nitrogens with one attached hydrogen (secondary N) is 2. The van der Waals surface area contributed by atoms with E-state index in [1.165, 1.54) is 0 Å². The van der Waals surface area contributed by atoms with E-state index >= 15 is 0 Å². The Kier molecular flexibility index (Phi) is 5.82. The Balaban J connectivity index is 2.18. The quantitative estimate of drug-likeness (QED) is 0.539. The minimum absolute atomic E-state index is 0.203. The maximum absolute atomic E-state index is 12.3. The van der Waals surface area contributed by atoms with Gasteiger partial charge in [0.15, 0.2) is 0 Å². The van der Waals surface area contributed by atoms with Crippen molar-refractivity contribution in [2.45, 2.75) is 0 Å². The molecule has 0 atom stereocenters. The molecule has 0 aliphatic carbocycles. The second kappa shape index (κ2) is 8.05. The number of hydrogen-bond acceptors (Lipinski definition) is 5. The van der Waals surface area contributed by atoms with Crippen LogP contribution >= 0.6 is 0 Å². The molecule has 2 rings (SSSR count). The molecular weight excluding hydrogens is 294 g/mol. The molecule has 0 aliphatic heterocycles. The fourth-order valence-corrected chi connectivity index (χ4v) is 2.05. The Morgan fingerprint density at radius 3 is 2.52 bits per heavy atom. The largest absolute Gasteiger partial charge is 0.497 e. The standard InChI is InChI=1S/C17H21N3O3/c1-22-10-9-19-17(21)15-11-12(18)3-8-16(15)20-13-4-6-14(23-2)7-5-13/h3-8,11,20H,9-10,18H2,1-2H3,(H,19,21). The molecule has 0 aliphatic rings. The van der Waals surface area contributed by atoms with E-state index in [-0.39, 0.29) is 5.91 Å². The number of nitrogen functional groups attached to an aromatic ring is 1. The predicted octanol–water partition coefficient (Wildman–Crippen LogP) is 2.40. The van der Waals surface area contributed by atoms with Gasteiger partial charge in [-0.25, -0.2) is 0 Å². The van der Waals surface area contributed by atoms with Gasteiger partial charge in [-0.15, -0.1) is 0 Å². The zero-order valence-corrected chi connectivity index (χ0v) is 13.3. The Hall–Kier alpha value is -2.73. The summed E-state index contributed by atoms with van der Waals surface area (Å²) in [4.78, 5) is 12.3. The van der Waals surface area contributed by atoms with Crippen LogP contribution in [0.4, 0.5) is 17.1 Å². The normalized spacial score (nSPS) is 10.2. The lowest BCUT2D eigenvalue weighted by atomic mass is 10.1. The van der Waals surface area contributed by atoms with E-state index in [0.717, 1.165) is 11.4 Å². The van der Waals surface area contributed by atoms with Gasteiger partial charge >= 0.3 is 0 Å². The third kappa shape index (κ3) is 4.62. The second-order valence-corrected chi connectivity index (χ2v) is 4.91. The molecule has 23 heavy (non-hydrogen) atoms. The molecule has 0 spiro atoms. The molecule has 0 heterocycles. The van der Waals surface area contributed by atoms with Crippen LogP contribution < -0.4 is 21.1 Å². The van der Waals surface area contributed by atoms with E-state index in [0.29, 0.717) is 30.1 Å². The summed E-state index contributed by atoms with van der Waals surface area (Å²) in [7, 11) is 3.20. The lowest BCUT2D eigenvalue weighted by Crippen LogP contribution is -2.27. The topological polar surface area (TPSA) is 85.6 Å². The smallest absolute Gasteiger partial charge is 0.253 e. The molecule has 0 saturated carbocycles. The van der Waals surface area contributed by atoms with Crippen molar-refractivity contribution < 1.29 is 14.3 Å². The van der Waals surface area contributed by atoms with Gasteiger partial charge in [0.25, 0.3) is 5.91 Å². The Morgan fingerprint density at radius 1 is 1.13 bits per heavy atom. The van der Waals surface area contributed by atoms with Gasteiger partial charge in [0, 0.05) is 25.0 Å². The minimum Gasteiger partial charge on any atom is -0.497 e. The first-order chi connectivity index (χ1) is 11.1. The third-order valence-electron chi connectivity index (χ3n) is 3.25. The van der Waals surface area contributed by atoms with Crippen LogP contribution in [0, 0.1) is 0 Å². The number of carbonyl (C=O) groups excluding carboxylic acids is 1. The molecule has 0 radical (unpaired) electrons. The maximum atomic E-state index is 12.3. The Morgan fingerprint density at radius 2 is 1.87 bits per heavy atom. The summed E-state index contributed by atoms with van der Waals surface area (Å²) >= 11 is 0. The van der Waals surface area contributed by atoms with Crippen molar-refractivity contribution in [1.82, 2.24) is 5.32 Å². The lowest BCUT2D eigenvalue weighted by molar-refractivity contribution is 0.0938. The van der Waals surface area contributed by atoms with E-state index in [1.54, 1.807) is 32.4 Å². The molecule has 6 heteroatoms. The fraction of sp³-hybridized carbons (Fsp3) is 0.235. The van der Waals surface area contributed by atoms with Gasteiger partial charge < -0.3 is 25.8 Å². The number of rotatable bonds is 7. The van der Waals surface area contributed by atoms with Crippen LogP contribution in [0.25, 0.3) is 0 Å². The fourth-order valence-electron chi connectivity index (χ4n) is 2.05. The van der Waals surface area contributed by atoms with Crippen LogP contribution in [0.5, 0.6) is 5.75 Å². The average Bonchev–Trinajstić information content (AvgIpc) is 2.57. The summed E-state index contributed by atoms with van der Waals surface area (Å²) in [6.07, 6.45) is 0. The van der Waals surface area contributed by atoms with Crippen molar-refractivity contribution in [2.75, 3.05) is 38.4 Å². The van der Waals surface area contributed by atoms with Crippen LogP contribution in [-0.4, -0.2) is 33.3 Å². The van der Waals surface area contributed by atoms with Crippen LogP contribution in [0.15, 0.2) is 42.5 Å². The van der Waals surface area contributed by atoms with Crippen LogP contribution in [0.3, 0.4) is 0 Å². The third-order valence-corrected chi connectivity index (χ3v) is 3.25. The highest BCUT2D eigenvalue weighted by Gasteiger charge is 2.12. The highest BCUT2D eigenvalue weighted by Crippen LogP contribution is 2.24. The van der Waals surface area contributed by atoms with Crippen molar-refractivity contribution in [3.05, 3.63) is 48.0 Å². The minimum atomic E-state index is -0.203. The predicted molar refractivity (Wildman–Crippen MR) is 91.3 cm³/mol. The molecule has 0 fully saturated rings. The summed E-state index contributed by atoms with van der Waals surface area (Å²) in [6.45, 7) is 0.890. The van der Waals surface area contributed by atoms with E-state index in [2.05, 4.69) is 10.6 Å². The van der Waals surface area contributed by atoms with Crippen molar-refractivity contribution in [3.63, 3.8) is 0 Å². The number of methoxy groups -OCH3 is 2. The van der Waals surface area contributed by atoms with Crippen molar-refractivity contribution in [3.8, 4) is 5.75 Å². The number of nitrogens with two attached hydrogens (primary N) is 1. The van der Waals surface area contributed by atoms with Gasteiger partial charge in [-0.3, -0.25) is 4.79 Å². The monoisotopic (exact) mass is 315 g/mol. The molecule has 0 aromatic heterocycles. The SMILES string of the molecule is COCCNC(=O)c1cc(N)ccc1Nc1ccc(OC)cc1. The number of hydrogen-bond donors (Lipinski definition) is 3. The average molecular weight is 315 g/mol. The van der Waals surface area contributed by atoms with E-state index in [4.69, 9.17) is 15.2 Å². The van der Waals surface area contributed by atoms with E-state index < -0.39 is 0 Å². The first-order valence-corrected chi connectivity index (χ1v) is 7.22. The lowest BCUT2D eigenvalue weighted by Gasteiger charge is -2.13. The van der Waals surface area contributed by atoms with Gasteiger partial charge in [-0.1, -0.05) is 0 Å². The zero-order chi connectivity index (χ0) is 16.7. The highest BCUT2D eigenvalue weighted by atomic mass is 16.5. The number of anilines is 3. The van der Waals surface area contributed by atoms with Crippen LogP contribution in [0.2, 0.25) is 0 Å². The molecular formula is C17H21N3O3. The maximum Gasteiger partial charge on any atom is 0.253 e. The van der Waals surface area contributed by atoms with Crippen LogP contribution in [-0.2, 0) is 4.74 Å². The molecule has 1 amide bonds. The molecule has 6 nitrogen and oxygen atoms in total. The van der Waals surface area contributed by atoms with Crippen molar-refractivity contribution in [1.29, 1.82) is 0 Å². The Bertz CT molecular complexity index is 657. The van der Waals surface area contributed by atoms with Gasteiger partial charge in [-0.2, -0.15) is 0 Å². The number of ether oxygens (including phenoxy) is 2. The molecule has 4 N–H and O–H groups in total. The summed E-state index contributed by atoms with van der Waals surface area (Å²) in [5.41, 5.74) is 8.34. The van der Waals surface area contributed by atoms with Gasteiger partial charge in [-0.05, 0) is 42.5 Å². The van der Waals surface area contributed by atoms with Gasteiger partial charge in [0.1, 0.15) is 5.75 Å². The number of carbonyl (C=O) groups is 1. The Labute approximate surface area is 135 Å². The first kappa shape index (κ1) is 16.6. The number of benzene rings is 2. The first-order valence-electron chi connectivity index (χ1n) is 7.22. The highest BCUT2D eigenvalue weighted by molar-refractivity contribution is 6.01. The zero-order valence-electron chi connectivity index (χ0n) is 13.3. The molecule has 0 bridgehead atoms. The number of amides is 1. The molecule has 0 saturated heterocycles. The van der Waals surface area contributed by atoms with E-state index in [9.17, 15) is 4.79 Å². The molecule has 2 aromatic rings. The summed E-state index contributed by atoms with van der Waals surface area (Å²) in [6, 6.07) is 12.6. The van der Waals surface area contributed by atoms with Crippen LogP contribution in [0.1, 0.15) is 10.4 Å². The summed E-state index contributed by atoms with van der Waals surface area (Å²) in [5.74, 6) is 0.566. The molecule has 122 valence electrons. The van der Waals surface area contributed by atoms with Crippen molar-refractivity contribution in [2.24, 2.45) is 0 Å². The summed E-state index contributed by atoms with van der Waals surface area (Å²) < 4.78 is 10.1. The summed E-state index contributed by atoms with van der Waals surface area (Å²) in [5, 5.41) is 6.01. The van der Waals surface area contributed by atoms with Gasteiger partial charge in [0.05, 0.1) is 25.0 Å².